The summed E-state index contributed by atoms with van der Waals surface area (Å²) in [6.45, 7) is 0.653. The van der Waals surface area contributed by atoms with Gasteiger partial charge in [0.2, 0.25) is 5.60 Å². The molecule has 1 heterocycles. The molecule has 2 aromatic rings. The monoisotopic (exact) mass is 491 g/mol. The van der Waals surface area contributed by atoms with Crippen LogP contribution in [-0.2, 0) is 26.0 Å². The number of hydrogen-bond donors (Lipinski definition) is 1. The zero-order chi connectivity index (χ0) is 24.6. The van der Waals surface area contributed by atoms with Gasteiger partial charge in [-0.2, -0.15) is 13.2 Å². The molecular formula is C21H21F4NO6S. The Morgan fingerprint density at radius 2 is 1.82 bits per heavy atom. The highest BCUT2D eigenvalue weighted by molar-refractivity contribution is 7.92. The van der Waals surface area contributed by atoms with E-state index in [0.29, 0.717) is 13.8 Å². The molecule has 0 spiro atoms. The van der Waals surface area contributed by atoms with Crippen molar-refractivity contribution in [2.24, 2.45) is 0 Å². The molecule has 1 atom stereocenters. The first-order valence-electron chi connectivity index (χ1n) is 9.71. The molecule has 0 bridgehead atoms. The molecule has 2 aromatic carbocycles. The van der Waals surface area contributed by atoms with E-state index in [0.717, 1.165) is 28.6 Å². The van der Waals surface area contributed by atoms with Crippen LogP contribution in [-0.4, -0.2) is 50.5 Å². The molecule has 3 rings (SSSR count). The first-order valence-corrected chi connectivity index (χ1v) is 11.2. The molecule has 0 saturated carbocycles. The highest BCUT2D eigenvalue weighted by Crippen LogP contribution is 2.39. The number of alkyl halides is 3. The molecule has 180 valence electrons. The number of ether oxygens (including phenoxy) is 2. The van der Waals surface area contributed by atoms with Gasteiger partial charge >= 0.3 is 12.1 Å². The number of hydrogen-bond acceptors (Lipinski definition) is 6. The quantitative estimate of drug-likeness (QED) is 0.493. The van der Waals surface area contributed by atoms with E-state index in [-0.39, 0.29) is 28.5 Å². The summed E-state index contributed by atoms with van der Waals surface area (Å²) in [5.74, 6) is -1.68. The fourth-order valence-electron chi connectivity index (χ4n) is 3.14. The highest BCUT2D eigenvalue weighted by Gasteiger charge is 2.50. The van der Waals surface area contributed by atoms with E-state index >= 15 is 0 Å². The predicted octanol–water partition coefficient (Wildman–Crippen LogP) is 3.20. The molecule has 0 amide bonds. The molecule has 1 aliphatic rings. The van der Waals surface area contributed by atoms with Crippen LogP contribution < -0.4 is 9.04 Å². The third-order valence-corrected chi connectivity index (χ3v) is 6.89. The Bertz CT molecular complexity index is 1130. The topological polar surface area (TPSA) is 93.1 Å². The molecule has 0 aromatic heterocycles. The second-order valence-electron chi connectivity index (χ2n) is 7.86. The van der Waals surface area contributed by atoms with Gasteiger partial charge < -0.3 is 14.6 Å². The predicted molar refractivity (Wildman–Crippen MR) is 109 cm³/mol. The second-order valence-corrected chi connectivity index (χ2v) is 9.68. The first kappa shape index (κ1) is 24.8. The van der Waals surface area contributed by atoms with Gasteiger partial charge in [0.15, 0.2) is 0 Å². The van der Waals surface area contributed by atoms with E-state index in [2.05, 4.69) is 4.74 Å². The van der Waals surface area contributed by atoms with E-state index in [4.69, 9.17) is 4.74 Å². The number of aliphatic hydroxyl groups is 1. The molecule has 0 unspecified atom stereocenters. The average molecular weight is 491 g/mol. The van der Waals surface area contributed by atoms with E-state index in [1.165, 1.54) is 18.2 Å². The van der Waals surface area contributed by atoms with Gasteiger partial charge in [-0.15, -0.1) is 0 Å². The lowest BCUT2D eigenvalue weighted by Crippen LogP contribution is -2.48. The van der Waals surface area contributed by atoms with Crippen LogP contribution in [0.1, 0.15) is 19.4 Å². The standard InChI is InChI=1S/C21H21F4NO6S/c1-20(2,21(23,24)25)32-19(28)10-13-3-8-18-17(9-13)26(15(11-27)12-31-18)33(29,30)16-6-4-14(22)5-7-16/h3-9,15,27H,10-12H2,1-2H3/t15-/m0/s1. The number of aliphatic hydroxyl groups excluding tert-OH is 1. The molecule has 0 radical (unpaired) electrons. The van der Waals surface area contributed by atoms with Crippen LogP contribution in [0.2, 0.25) is 0 Å². The van der Waals surface area contributed by atoms with Crippen LogP contribution in [0.25, 0.3) is 0 Å². The number of carbonyl (C=O) groups excluding carboxylic acids is 1. The van der Waals surface area contributed by atoms with Crippen molar-refractivity contribution in [1.82, 2.24) is 0 Å². The van der Waals surface area contributed by atoms with Gasteiger partial charge in [0.05, 0.1) is 23.6 Å². The summed E-state index contributed by atoms with van der Waals surface area (Å²) in [7, 11) is -4.29. The van der Waals surface area contributed by atoms with Crippen molar-refractivity contribution in [2.45, 2.75) is 43.0 Å². The summed E-state index contributed by atoms with van der Waals surface area (Å²) in [5, 5.41) is 9.73. The Morgan fingerprint density at radius 3 is 2.39 bits per heavy atom. The van der Waals surface area contributed by atoms with E-state index in [1.807, 2.05) is 0 Å². The van der Waals surface area contributed by atoms with Crippen LogP contribution in [0.5, 0.6) is 5.75 Å². The number of carbonyl (C=O) groups is 1. The summed E-state index contributed by atoms with van der Waals surface area (Å²) >= 11 is 0. The maximum absolute atomic E-state index is 13.3. The zero-order valence-electron chi connectivity index (χ0n) is 17.6. The molecule has 0 saturated heterocycles. The van der Waals surface area contributed by atoms with Gasteiger partial charge in [-0.05, 0) is 55.8 Å². The van der Waals surface area contributed by atoms with Crippen molar-refractivity contribution in [3.63, 3.8) is 0 Å². The van der Waals surface area contributed by atoms with Crippen molar-refractivity contribution < 1.29 is 45.4 Å². The fraction of sp³-hybridized carbons (Fsp3) is 0.381. The number of benzene rings is 2. The Labute approximate surface area is 187 Å². The lowest BCUT2D eigenvalue weighted by Gasteiger charge is -2.37. The smallest absolute Gasteiger partial charge is 0.427 e. The molecule has 12 heteroatoms. The van der Waals surface area contributed by atoms with Crippen LogP contribution in [0.15, 0.2) is 47.4 Å². The number of fused-ring (bicyclic) bond motifs is 1. The van der Waals surface area contributed by atoms with Crippen molar-refractivity contribution >= 4 is 21.7 Å². The van der Waals surface area contributed by atoms with Gasteiger partial charge in [0.1, 0.15) is 24.2 Å². The summed E-state index contributed by atoms with van der Waals surface area (Å²) in [5.41, 5.74) is -2.57. The van der Waals surface area contributed by atoms with Gasteiger partial charge in [-0.25, -0.2) is 12.8 Å². The number of rotatable bonds is 6. The van der Waals surface area contributed by atoms with Crippen molar-refractivity contribution in [3.05, 3.63) is 53.8 Å². The molecule has 1 N–H and O–H groups in total. The molecule has 0 fully saturated rings. The normalized spacial score (nSPS) is 16.7. The third kappa shape index (κ3) is 5.06. The Kier molecular flexibility index (Phi) is 6.62. The van der Waals surface area contributed by atoms with Gasteiger partial charge in [0.25, 0.3) is 10.0 Å². The molecule has 7 nitrogen and oxygen atoms in total. The van der Waals surface area contributed by atoms with Gasteiger partial charge in [0, 0.05) is 0 Å². The maximum atomic E-state index is 13.3. The Morgan fingerprint density at radius 1 is 1.18 bits per heavy atom. The number of sulfonamides is 1. The first-order chi connectivity index (χ1) is 15.3. The van der Waals surface area contributed by atoms with E-state index in [1.54, 1.807) is 0 Å². The fourth-order valence-corrected chi connectivity index (χ4v) is 4.76. The van der Waals surface area contributed by atoms with Crippen LogP contribution in [0.3, 0.4) is 0 Å². The third-order valence-electron chi connectivity index (χ3n) is 5.00. The summed E-state index contributed by atoms with van der Waals surface area (Å²) < 4.78 is 89.8. The van der Waals surface area contributed by atoms with Crippen LogP contribution in [0.4, 0.5) is 23.2 Å². The molecule has 1 aliphatic heterocycles. The maximum Gasteiger partial charge on any atom is 0.427 e. The lowest BCUT2D eigenvalue weighted by atomic mass is 10.1. The minimum Gasteiger partial charge on any atom is -0.489 e. The highest BCUT2D eigenvalue weighted by atomic mass is 32.2. The minimum absolute atomic E-state index is 0.0231. The van der Waals surface area contributed by atoms with Gasteiger partial charge in [-0.3, -0.25) is 9.10 Å². The van der Waals surface area contributed by atoms with E-state index in [9.17, 15) is 35.9 Å². The summed E-state index contributed by atoms with van der Waals surface area (Å²) in [6, 6.07) is 7.06. The van der Waals surface area contributed by atoms with Crippen molar-refractivity contribution in [3.8, 4) is 5.75 Å². The second kappa shape index (κ2) is 8.82. The largest absolute Gasteiger partial charge is 0.489 e. The van der Waals surface area contributed by atoms with Crippen LogP contribution in [0, 0.1) is 5.82 Å². The van der Waals surface area contributed by atoms with Crippen LogP contribution >= 0.6 is 0 Å². The summed E-state index contributed by atoms with van der Waals surface area (Å²) in [6.07, 6.45) is -5.35. The SMILES string of the molecule is CC(C)(OC(=O)Cc1ccc2c(c1)N(S(=O)(=O)c1ccc(F)cc1)[C@@H](CO)CO2)C(F)(F)F. The molecule has 0 aliphatic carbocycles. The summed E-state index contributed by atoms with van der Waals surface area (Å²) in [4.78, 5) is 11.9. The number of nitrogens with zero attached hydrogens (tertiary/aromatic N) is 1. The van der Waals surface area contributed by atoms with Crippen molar-refractivity contribution in [2.75, 3.05) is 17.5 Å². The van der Waals surface area contributed by atoms with Crippen molar-refractivity contribution in [1.29, 1.82) is 0 Å². The molecule has 33 heavy (non-hydrogen) atoms. The number of anilines is 1. The molecular weight excluding hydrogens is 470 g/mol. The zero-order valence-corrected chi connectivity index (χ0v) is 18.4. The Balaban J connectivity index is 1.96. The van der Waals surface area contributed by atoms with Gasteiger partial charge in [-0.1, -0.05) is 6.07 Å². The Hall–Kier alpha value is -2.86. The van der Waals surface area contributed by atoms with E-state index < -0.39 is 52.7 Å². The number of halogens is 4. The number of esters is 1. The minimum atomic E-state index is -4.78. The lowest BCUT2D eigenvalue weighted by molar-refractivity contribution is -0.257. The average Bonchev–Trinajstić information content (AvgIpc) is 2.71.